The molecular formula is C20H21FN4O3. The third-order valence-electron chi connectivity index (χ3n) is 5.18. The number of halogens is 1. The molecule has 8 heteroatoms. The Kier molecular flexibility index (Phi) is 4.85. The Labute approximate surface area is 161 Å². The number of hydrogen-bond acceptors (Lipinski definition) is 5. The van der Waals surface area contributed by atoms with Crippen molar-refractivity contribution in [3.05, 3.63) is 48.1 Å². The number of benzene rings is 1. The van der Waals surface area contributed by atoms with Crippen LogP contribution in [-0.4, -0.2) is 33.0 Å². The molecule has 1 N–H and O–H groups in total. The van der Waals surface area contributed by atoms with Crippen molar-refractivity contribution in [1.29, 1.82) is 0 Å². The SMILES string of the molecule is CN(C(=O)c1cc(-c2ccc(F)c(O)c2)no1)c1ccnn1C1CCCCC1. The summed E-state index contributed by atoms with van der Waals surface area (Å²) in [6.07, 6.45) is 7.37. The summed E-state index contributed by atoms with van der Waals surface area (Å²) in [7, 11) is 1.67. The van der Waals surface area contributed by atoms with Crippen LogP contribution in [0.4, 0.5) is 10.2 Å². The van der Waals surface area contributed by atoms with Crippen molar-refractivity contribution in [2.75, 3.05) is 11.9 Å². The van der Waals surface area contributed by atoms with Crippen LogP contribution in [0.5, 0.6) is 5.75 Å². The van der Waals surface area contributed by atoms with Crippen LogP contribution in [0.15, 0.2) is 41.1 Å². The molecule has 0 aliphatic heterocycles. The van der Waals surface area contributed by atoms with Crippen LogP contribution >= 0.6 is 0 Å². The monoisotopic (exact) mass is 384 g/mol. The van der Waals surface area contributed by atoms with Crippen molar-refractivity contribution in [1.82, 2.24) is 14.9 Å². The fourth-order valence-electron chi connectivity index (χ4n) is 3.63. The molecule has 0 spiro atoms. The van der Waals surface area contributed by atoms with E-state index in [1.165, 1.54) is 29.5 Å². The molecule has 0 saturated heterocycles. The number of aromatic hydroxyl groups is 1. The summed E-state index contributed by atoms with van der Waals surface area (Å²) in [5.74, 6) is -0.809. The molecule has 1 amide bonds. The van der Waals surface area contributed by atoms with Crippen LogP contribution < -0.4 is 4.90 Å². The fraction of sp³-hybridized carbons (Fsp3) is 0.350. The maximum absolute atomic E-state index is 13.2. The molecule has 7 nitrogen and oxygen atoms in total. The Hall–Kier alpha value is -3.16. The van der Waals surface area contributed by atoms with Gasteiger partial charge in [-0.15, -0.1) is 0 Å². The first-order valence-electron chi connectivity index (χ1n) is 9.32. The lowest BCUT2D eigenvalue weighted by Crippen LogP contribution is -2.29. The van der Waals surface area contributed by atoms with E-state index in [9.17, 15) is 14.3 Å². The summed E-state index contributed by atoms with van der Waals surface area (Å²) in [6, 6.07) is 7.41. The molecule has 1 aliphatic rings. The van der Waals surface area contributed by atoms with Gasteiger partial charge in [0.05, 0.1) is 12.2 Å². The third-order valence-corrected chi connectivity index (χ3v) is 5.18. The minimum Gasteiger partial charge on any atom is -0.505 e. The van der Waals surface area contributed by atoms with Crippen molar-refractivity contribution in [2.24, 2.45) is 0 Å². The highest BCUT2D eigenvalue weighted by molar-refractivity contribution is 6.03. The van der Waals surface area contributed by atoms with Gasteiger partial charge in [0.1, 0.15) is 11.5 Å². The second-order valence-electron chi connectivity index (χ2n) is 7.03. The first-order chi connectivity index (χ1) is 13.5. The highest BCUT2D eigenvalue weighted by Crippen LogP contribution is 2.31. The van der Waals surface area contributed by atoms with Crippen LogP contribution in [0.25, 0.3) is 11.3 Å². The number of phenolic OH excluding ortho intramolecular Hbond substituents is 1. The van der Waals surface area contributed by atoms with E-state index >= 15 is 0 Å². The maximum Gasteiger partial charge on any atom is 0.297 e. The lowest BCUT2D eigenvalue weighted by atomic mass is 9.96. The molecule has 1 aromatic carbocycles. The third kappa shape index (κ3) is 3.37. The summed E-state index contributed by atoms with van der Waals surface area (Å²) in [6.45, 7) is 0. The second kappa shape index (κ2) is 7.46. The van der Waals surface area contributed by atoms with Gasteiger partial charge >= 0.3 is 0 Å². The number of anilines is 1. The Morgan fingerprint density at radius 2 is 2.04 bits per heavy atom. The average Bonchev–Trinajstić information content (AvgIpc) is 3.39. The summed E-state index contributed by atoms with van der Waals surface area (Å²) in [4.78, 5) is 14.4. The van der Waals surface area contributed by atoms with Gasteiger partial charge in [0.15, 0.2) is 11.6 Å². The molecule has 28 heavy (non-hydrogen) atoms. The van der Waals surface area contributed by atoms with E-state index < -0.39 is 11.6 Å². The summed E-state index contributed by atoms with van der Waals surface area (Å²) in [5, 5.41) is 17.8. The Morgan fingerprint density at radius 3 is 2.79 bits per heavy atom. The largest absolute Gasteiger partial charge is 0.505 e. The van der Waals surface area contributed by atoms with E-state index in [4.69, 9.17) is 4.52 Å². The van der Waals surface area contributed by atoms with Gasteiger partial charge in [-0.25, -0.2) is 9.07 Å². The lowest BCUT2D eigenvalue weighted by Gasteiger charge is -2.26. The van der Waals surface area contributed by atoms with Gasteiger partial charge in [-0.05, 0) is 31.0 Å². The van der Waals surface area contributed by atoms with E-state index in [0.717, 1.165) is 31.7 Å². The molecule has 0 bridgehead atoms. The molecule has 0 unspecified atom stereocenters. The molecule has 1 saturated carbocycles. The van der Waals surface area contributed by atoms with Gasteiger partial charge in [-0.2, -0.15) is 5.10 Å². The van der Waals surface area contributed by atoms with Crippen LogP contribution in [0, 0.1) is 5.82 Å². The number of aromatic nitrogens is 3. The van der Waals surface area contributed by atoms with E-state index in [1.54, 1.807) is 13.2 Å². The predicted octanol–water partition coefficient (Wildman–Crippen LogP) is 4.16. The fourth-order valence-corrected chi connectivity index (χ4v) is 3.63. The number of rotatable bonds is 4. The van der Waals surface area contributed by atoms with Gasteiger partial charge in [0, 0.05) is 24.7 Å². The number of carbonyl (C=O) groups is 1. The van der Waals surface area contributed by atoms with Gasteiger partial charge in [-0.3, -0.25) is 9.69 Å². The molecule has 1 fully saturated rings. The Bertz CT molecular complexity index is 991. The second-order valence-corrected chi connectivity index (χ2v) is 7.03. The predicted molar refractivity (Wildman–Crippen MR) is 101 cm³/mol. The van der Waals surface area contributed by atoms with Gasteiger partial charge in [0.25, 0.3) is 5.91 Å². The number of nitrogens with zero attached hydrogens (tertiary/aromatic N) is 4. The van der Waals surface area contributed by atoms with Crippen LogP contribution in [-0.2, 0) is 0 Å². The normalized spacial score (nSPS) is 14.9. The standard InChI is InChI=1S/C20H21FN4O3/c1-24(19-9-10-22-25(19)14-5-3-2-4-6-14)20(27)18-12-16(23-28-18)13-7-8-15(21)17(26)11-13/h7-12,14,26H,2-6H2,1H3. The molecule has 1 aliphatic carbocycles. The molecular weight excluding hydrogens is 363 g/mol. The number of hydrogen-bond donors (Lipinski definition) is 1. The molecule has 2 aromatic heterocycles. The maximum atomic E-state index is 13.2. The number of carbonyl (C=O) groups excluding carboxylic acids is 1. The Balaban J connectivity index is 1.56. The number of amides is 1. The topological polar surface area (TPSA) is 84.4 Å². The number of phenols is 1. The van der Waals surface area contributed by atoms with E-state index in [1.807, 2.05) is 10.7 Å². The van der Waals surface area contributed by atoms with Gasteiger partial charge in [-0.1, -0.05) is 24.4 Å². The van der Waals surface area contributed by atoms with Crippen molar-refractivity contribution in [2.45, 2.75) is 38.1 Å². The lowest BCUT2D eigenvalue weighted by molar-refractivity contribution is 0.0955. The smallest absolute Gasteiger partial charge is 0.297 e. The molecule has 4 rings (SSSR count). The van der Waals surface area contributed by atoms with Crippen molar-refractivity contribution < 1.29 is 18.8 Å². The first-order valence-corrected chi connectivity index (χ1v) is 9.32. The Morgan fingerprint density at radius 1 is 1.25 bits per heavy atom. The zero-order chi connectivity index (χ0) is 19.7. The molecule has 2 heterocycles. The minimum atomic E-state index is -0.723. The van der Waals surface area contributed by atoms with Crippen molar-refractivity contribution >= 4 is 11.7 Å². The van der Waals surface area contributed by atoms with Crippen molar-refractivity contribution in [3.63, 3.8) is 0 Å². The average molecular weight is 384 g/mol. The first kappa shape index (κ1) is 18.2. The zero-order valence-corrected chi connectivity index (χ0v) is 15.5. The van der Waals surface area contributed by atoms with E-state index in [2.05, 4.69) is 10.3 Å². The molecule has 0 atom stereocenters. The summed E-state index contributed by atoms with van der Waals surface area (Å²) in [5.41, 5.74) is 0.796. The van der Waals surface area contributed by atoms with Crippen LogP contribution in [0.3, 0.4) is 0 Å². The van der Waals surface area contributed by atoms with Gasteiger partial charge in [0.2, 0.25) is 5.76 Å². The quantitative estimate of drug-likeness (QED) is 0.730. The summed E-state index contributed by atoms with van der Waals surface area (Å²) < 4.78 is 20.4. The van der Waals surface area contributed by atoms with Crippen LogP contribution in [0.2, 0.25) is 0 Å². The minimum absolute atomic E-state index is 0.0534. The summed E-state index contributed by atoms with van der Waals surface area (Å²) >= 11 is 0. The van der Waals surface area contributed by atoms with Crippen LogP contribution in [0.1, 0.15) is 48.7 Å². The molecule has 146 valence electrons. The van der Waals surface area contributed by atoms with Crippen molar-refractivity contribution in [3.8, 4) is 17.0 Å². The van der Waals surface area contributed by atoms with Gasteiger partial charge < -0.3 is 9.63 Å². The highest BCUT2D eigenvalue weighted by atomic mass is 19.1. The molecule has 3 aromatic rings. The molecule has 0 radical (unpaired) electrons. The van der Waals surface area contributed by atoms with E-state index in [0.29, 0.717) is 23.1 Å². The van der Waals surface area contributed by atoms with E-state index in [-0.39, 0.29) is 11.7 Å². The zero-order valence-electron chi connectivity index (χ0n) is 15.5. The highest BCUT2D eigenvalue weighted by Gasteiger charge is 2.25.